The van der Waals surface area contributed by atoms with E-state index in [-0.39, 0.29) is 17.9 Å². The minimum absolute atomic E-state index is 0.0690. The van der Waals surface area contributed by atoms with Gasteiger partial charge in [0.2, 0.25) is 5.91 Å². The van der Waals surface area contributed by atoms with Crippen LogP contribution in [0, 0.1) is 0 Å². The Morgan fingerprint density at radius 1 is 1.24 bits per heavy atom. The second-order valence-corrected chi connectivity index (χ2v) is 8.48. The molecule has 156 valence electrons. The van der Waals surface area contributed by atoms with Gasteiger partial charge in [0.1, 0.15) is 17.9 Å². The molecule has 1 aromatic rings. The summed E-state index contributed by atoms with van der Waals surface area (Å²) < 4.78 is 6.40. The number of carbonyl (C=O) groups is 2. The van der Waals surface area contributed by atoms with Gasteiger partial charge >= 0.3 is 0 Å². The third kappa shape index (κ3) is 3.90. The van der Waals surface area contributed by atoms with Gasteiger partial charge in [0.05, 0.1) is 0 Å². The Hall–Kier alpha value is -2.34. The lowest BCUT2D eigenvalue weighted by atomic mass is 9.91. The number of fused-ring (bicyclic) bond motifs is 1. The molecule has 1 unspecified atom stereocenters. The number of benzene rings is 1. The van der Waals surface area contributed by atoms with Crippen LogP contribution in [0.1, 0.15) is 61.4 Å². The molecule has 1 saturated heterocycles. The zero-order valence-electron chi connectivity index (χ0n) is 17.4. The van der Waals surface area contributed by atoms with Crippen molar-refractivity contribution in [1.82, 2.24) is 15.1 Å². The van der Waals surface area contributed by atoms with Crippen molar-refractivity contribution in [2.24, 2.45) is 0 Å². The van der Waals surface area contributed by atoms with Crippen molar-refractivity contribution < 1.29 is 14.3 Å². The Bertz CT molecular complexity index is 822. The van der Waals surface area contributed by atoms with Gasteiger partial charge in [0.25, 0.3) is 5.91 Å². The molecule has 1 N–H and O–H groups in total. The van der Waals surface area contributed by atoms with Crippen molar-refractivity contribution in [1.29, 1.82) is 0 Å². The fourth-order valence-corrected chi connectivity index (χ4v) is 4.83. The molecule has 3 aliphatic rings. The Morgan fingerprint density at radius 2 is 2.03 bits per heavy atom. The number of rotatable bonds is 5. The van der Waals surface area contributed by atoms with E-state index in [9.17, 15) is 9.59 Å². The summed E-state index contributed by atoms with van der Waals surface area (Å²) in [5.41, 5.74) is 2.35. The van der Waals surface area contributed by atoms with Crippen LogP contribution in [0.3, 0.4) is 0 Å². The Balaban J connectivity index is 1.48. The summed E-state index contributed by atoms with van der Waals surface area (Å²) in [6.07, 6.45) is 6.17. The fraction of sp³-hybridized carbons (Fsp3) is 0.565. The summed E-state index contributed by atoms with van der Waals surface area (Å²) in [5.74, 6) is 0.619. The topological polar surface area (TPSA) is 61.9 Å². The molecular weight excluding hydrogens is 366 g/mol. The predicted octanol–water partition coefficient (Wildman–Crippen LogP) is 3.08. The van der Waals surface area contributed by atoms with E-state index in [4.69, 9.17) is 4.74 Å². The van der Waals surface area contributed by atoms with Crippen LogP contribution in [-0.2, 0) is 11.3 Å². The van der Waals surface area contributed by atoms with Crippen molar-refractivity contribution in [3.63, 3.8) is 0 Å². The zero-order chi connectivity index (χ0) is 20.5. The van der Waals surface area contributed by atoms with Gasteiger partial charge in [-0.05, 0) is 69.5 Å². The molecule has 3 atom stereocenters. The maximum atomic E-state index is 12.9. The third-order valence-electron chi connectivity index (χ3n) is 6.63. The molecule has 0 aromatic heterocycles. The van der Waals surface area contributed by atoms with Crippen molar-refractivity contribution in [3.8, 4) is 5.75 Å². The lowest BCUT2D eigenvalue weighted by Gasteiger charge is -2.37. The highest BCUT2D eigenvalue weighted by Gasteiger charge is 2.38. The molecule has 0 bridgehead atoms. The van der Waals surface area contributed by atoms with E-state index in [0.717, 1.165) is 36.4 Å². The molecule has 2 amide bonds. The van der Waals surface area contributed by atoms with Crippen molar-refractivity contribution in [3.05, 3.63) is 41.6 Å². The molecule has 4 rings (SSSR count). The Kier molecular flexibility index (Phi) is 5.63. The smallest absolute Gasteiger partial charge is 0.255 e. The first-order chi connectivity index (χ1) is 14.0. The van der Waals surface area contributed by atoms with Crippen molar-refractivity contribution in [2.45, 2.75) is 70.2 Å². The van der Waals surface area contributed by atoms with Crippen LogP contribution in [-0.4, -0.2) is 53.4 Å². The molecule has 1 saturated carbocycles. The number of allylic oxidation sites excluding steroid dienone is 1. The van der Waals surface area contributed by atoms with Crippen LogP contribution in [0.2, 0.25) is 0 Å². The van der Waals surface area contributed by atoms with E-state index in [2.05, 4.69) is 30.8 Å². The minimum atomic E-state index is -0.425. The Morgan fingerprint density at radius 3 is 2.79 bits per heavy atom. The summed E-state index contributed by atoms with van der Waals surface area (Å²) in [6.45, 7) is 7.46. The Labute approximate surface area is 172 Å². The first kappa shape index (κ1) is 20.0. The largest absolute Gasteiger partial charge is 0.489 e. The number of ether oxygens (including phenoxy) is 1. The van der Waals surface area contributed by atoms with Gasteiger partial charge in [-0.3, -0.25) is 9.59 Å². The normalized spacial score (nSPS) is 27.2. The number of piperidine rings is 1. The van der Waals surface area contributed by atoms with Gasteiger partial charge in [-0.15, -0.1) is 0 Å². The van der Waals surface area contributed by atoms with Crippen LogP contribution >= 0.6 is 0 Å². The maximum absolute atomic E-state index is 12.9. The lowest BCUT2D eigenvalue weighted by molar-refractivity contribution is -0.126. The second-order valence-electron chi connectivity index (χ2n) is 8.48. The number of carbonyl (C=O) groups excluding carboxylic acids is 2. The molecule has 1 aromatic carbocycles. The molecule has 0 spiro atoms. The number of amides is 2. The van der Waals surface area contributed by atoms with Gasteiger partial charge in [0, 0.05) is 23.8 Å². The molecule has 2 fully saturated rings. The molecule has 0 radical (unpaired) electrons. The zero-order valence-corrected chi connectivity index (χ0v) is 17.4. The summed E-state index contributed by atoms with van der Waals surface area (Å²) >= 11 is 0. The van der Waals surface area contributed by atoms with Gasteiger partial charge in [-0.2, -0.15) is 0 Å². The number of likely N-dealkylation sites (N-methyl/N-ethyl adjacent to an activating group) is 1. The number of hydrogen-bond acceptors (Lipinski definition) is 4. The second kappa shape index (κ2) is 8.19. The molecular formula is C23H31N3O3. The van der Waals surface area contributed by atoms with E-state index >= 15 is 0 Å². The first-order valence-corrected chi connectivity index (χ1v) is 10.8. The van der Waals surface area contributed by atoms with E-state index in [1.54, 1.807) is 4.90 Å². The molecule has 2 aliphatic heterocycles. The lowest BCUT2D eigenvalue weighted by Crippen LogP contribution is -2.49. The van der Waals surface area contributed by atoms with E-state index in [0.29, 0.717) is 31.0 Å². The number of nitrogens with one attached hydrogen (secondary N) is 1. The summed E-state index contributed by atoms with van der Waals surface area (Å²) in [6, 6.07) is 5.75. The van der Waals surface area contributed by atoms with Crippen LogP contribution < -0.4 is 10.1 Å². The standard InChI is InChI=1S/C23H31N3O3/c1-4-25(3)19-7-5-6-8-21(19)29-17-10-11-18-16(13-17)14-26(23(18)28)20-12-9-15(2)24-22(20)27/h10-11,13,19-21H,2,4-9,12,14H2,1,3H3,(H,24,27)/t19-,20?,21+/m1/s1. The SMILES string of the molecule is C=C1CCC(N2Cc3cc(O[C@H]4CCCC[C@H]4N(C)CC)ccc3C2=O)C(=O)N1. The van der Waals surface area contributed by atoms with Crippen LogP contribution in [0.5, 0.6) is 5.75 Å². The quantitative estimate of drug-likeness (QED) is 0.829. The average molecular weight is 398 g/mol. The van der Waals surface area contributed by atoms with E-state index < -0.39 is 6.04 Å². The van der Waals surface area contributed by atoms with Crippen LogP contribution in [0.4, 0.5) is 0 Å². The van der Waals surface area contributed by atoms with Crippen molar-refractivity contribution in [2.75, 3.05) is 13.6 Å². The fourth-order valence-electron chi connectivity index (χ4n) is 4.83. The van der Waals surface area contributed by atoms with Gasteiger partial charge < -0.3 is 19.9 Å². The monoisotopic (exact) mass is 397 g/mol. The molecule has 6 nitrogen and oxygen atoms in total. The predicted molar refractivity (Wildman–Crippen MR) is 112 cm³/mol. The summed E-state index contributed by atoms with van der Waals surface area (Å²) in [7, 11) is 2.16. The molecule has 29 heavy (non-hydrogen) atoms. The minimum Gasteiger partial charge on any atom is -0.489 e. The van der Waals surface area contributed by atoms with E-state index in [1.807, 2.05) is 18.2 Å². The number of hydrogen-bond donors (Lipinski definition) is 1. The third-order valence-corrected chi connectivity index (χ3v) is 6.63. The average Bonchev–Trinajstić information content (AvgIpc) is 3.03. The maximum Gasteiger partial charge on any atom is 0.255 e. The van der Waals surface area contributed by atoms with Crippen molar-refractivity contribution >= 4 is 11.8 Å². The highest BCUT2D eigenvalue weighted by Crippen LogP contribution is 2.33. The first-order valence-electron chi connectivity index (χ1n) is 10.8. The summed E-state index contributed by atoms with van der Waals surface area (Å²) in [4.78, 5) is 29.3. The van der Waals surface area contributed by atoms with E-state index in [1.165, 1.54) is 12.8 Å². The van der Waals surface area contributed by atoms with Crippen LogP contribution in [0.25, 0.3) is 0 Å². The van der Waals surface area contributed by atoms with Gasteiger partial charge in [0.15, 0.2) is 0 Å². The molecule has 1 aliphatic carbocycles. The molecule has 2 heterocycles. The summed E-state index contributed by atoms with van der Waals surface area (Å²) in [5, 5.41) is 2.78. The number of nitrogens with zero attached hydrogens (tertiary/aromatic N) is 2. The van der Waals surface area contributed by atoms with Gasteiger partial charge in [-0.1, -0.05) is 19.9 Å². The highest BCUT2D eigenvalue weighted by atomic mass is 16.5. The van der Waals surface area contributed by atoms with Gasteiger partial charge in [-0.25, -0.2) is 0 Å². The highest BCUT2D eigenvalue weighted by molar-refractivity contribution is 6.01. The molecule has 6 heteroatoms. The van der Waals surface area contributed by atoms with Crippen LogP contribution in [0.15, 0.2) is 30.5 Å².